The van der Waals surface area contributed by atoms with Crippen LogP contribution in [0.2, 0.25) is 0 Å². The molecule has 1 heteroatoms. The molecule has 90 valence electrons. The fourth-order valence-electron chi connectivity index (χ4n) is 2.51. The van der Waals surface area contributed by atoms with Crippen molar-refractivity contribution in [3.63, 3.8) is 0 Å². The molecule has 0 heterocycles. The number of hydrogen-bond donors (Lipinski definition) is 1. The number of benzene rings is 1. The van der Waals surface area contributed by atoms with Crippen LogP contribution in [-0.2, 0) is 6.42 Å². The van der Waals surface area contributed by atoms with Gasteiger partial charge in [0.1, 0.15) is 0 Å². The Bertz CT molecular complexity index is 341. The molecule has 0 fully saturated rings. The predicted molar refractivity (Wildman–Crippen MR) is 72.1 cm³/mol. The van der Waals surface area contributed by atoms with Crippen LogP contribution in [0.15, 0.2) is 12.1 Å². The monoisotopic (exact) mass is 219 g/mol. The van der Waals surface area contributed by atoms with Gasteiger partial charge in [0.15, 0.2) is 0 Å². The van der Waals surface area contributed by atoms with Gasteiger partial charge in [0.2, 0.25) is 0 Å². The zero-order chi connectivity index (χ0) is 12.3. The quantitative estimate of drug-likeness (QED) is 0.818. The first-order valence-corrected chi connectivity index (χ1v) is 6.07. The van der Waals surface area contributed by atoms with Crippen molar-refractivity contribution in [2.24, 2.45) is 5.41 Å². The second-order valence-corrected chi connectivity index (χ2v) is 5.75. The number of rotatable bonds is 4. The Morgan fingerprint density at radius 3 is 2.00 bits per heavy atom. The van der Waals surface area contributed by atoms with Gasteiger partial charge in [-0.05, 0) is 56.3 Å². The van der Waals surface area contributed by atoms with Crippen LogP contribution in [0.5, 0.6) is 0 Å². The van der Waals surface area contributed by atoms with Crippen LogP contribution in [0, 0.1) is 26.2 Å². The van der Waals surface area contributed by atoms with Crippen LogP contribution >= 0.6 is 0 Å². The normalized spacial score (nSPS) is 11.9. The van der Waals surface area contributed by atoms with Crippen molar-refractivity contribution in [2.45, 2.75) is 41.0 Å². The largest absolute Gasteiger partial charge is 0.319 e. The highest BCUT2D eigenvalue weighted by molar-refractivity contribution is 5.38. The van der Waals surface area contributed by atoms with E-state index in [0.717, 1.165) is 13.0 Å². The maximum absolute atomic E-state index is 3.28. The molecule has 0 aliphatic rings. The molecule has 0 bridgehead atoms. The number of nitrogens with one attached hydrogen (secondary N) is 1. The van der Waals surface area contributed by atoms with Gasteiger partial charge in [-0.2, -0.15) is 0 Å². The lowest BCUT2D eigenvalue weighted by Gasteiger charge is -2.26. The van der Waals surface area contributed by atoms with Crippen molar-refractivity contribution in [2.75, 3.05) is 13.6 Å². The Morgan fingerprint density at radius 1 is 1.06 bits per heavy atom. The van der Waals surface area contributed by atoms with E-state index in [9.17, 15) is 0 Å². The average molecular weight is 219 g/mol. The maximum atomic E-state index is 3.28. The van der Waals surface area contributed by atoms with Crippen molar-refractivity contribution in [1.29, 1.82) is 0 Å². The average Bonchev–Trinajstić information content (AvgIpc) is 2.11. The van der Waals surface area contributed by atoms with Crippen molar-refractivity contribution >= 4 is 0 Å². The smallest absolute Gasteiger partial charge is 0.000270 e. The summed E-state index contributed by atoms with van der Waals surface area (Å²) in [5, 5.41) is 3.28. The molecule has 0 unspecified atom stereocenters. The number of aryl methyl sites for hydroxylation is 3. The molecule has 0 aliphatic heterocycles. The van der Waals surface area contributed by atoms with E-state index in [0.29, 0.717) is 5.41 Å². The summed E-state index contributed by atoms with van der Waals surface area (Å²) < 4.78 is 0. The highest BCUT2D eigenvalue weighted by Crippen LogP contribution is 2.26. The predicted octanol–water partition coefficient (Wildman–Crippen LogP) is 3.40. The minimum absolute atomic E-state index is 0.319. The Balaban J connectivity index is 2.97. The maximum Gasteiger partial charge on any atom is 0.000270 e. The van der Waals surface area contributed by atoms with Crippen molar-refractivity contribution in [3.8, 4) is 0 Å². The summed E-state index contributed by atoms with van der Waals surface area (Å²) in [6.07, 6.45) is 1.14. The summed E-state index contributed by atoms with van der Waals surface area (Å²) in [5.74, 6) is 0. The third-order valence-electron chi connectivity index (χ3n) is 3.15. The van der Waals surface area contributed by atoms with Gasteiger partial charge in [0, 0.05) is 6.54 Å². The van der Waals surface area contributed by atoms with E-state index in [-0.39, 0.29) is 0 Å². The first-order chi connectivity index (χ1) is 7.35. The van der Waals surface area contributed by atoms with Gasteiger partial charge in [-0.3, -0.25) is 0 Å². The minimum atomic E-state index is 0.319. The summed E-state index contributed by atoms with van der Waals surface area (Å²) in [4.78, 5) is 0. The van der Waals surface area contributed by atoms with Gasteiger partial charge >= 0.3 is 0 Å². The van der Waals surface area contributed by atoms with Gasteiger partial charge in [0.25, 0.3) is 0 Å². The van der Waals surface area contributed by atoms with Crippen LogP contribution in [0.4, 0.5) is 0 Å². The van der Waals surface area contributed by atoms with E-state index in [4.69, 9.17) is 0 Å². The highest BCUT2D eigenvalue weighted by Gasteiger charge is 2.19. The lowest BCUT2D eigenvalue weighted by Crippen LogP contribution is -2.29. The van der Waals surface area contributed by atoms with Crippen LogP contribution in [0.1, 0.15) is 36.1 Å². The lowest BCUT2D eigenvalue weighted by molar-refractivity contribution is 0.348. The second-order valence-electron chi connectivity index (χ2n) is 5.75. The molecule has 1 aromatic rings. The molecule has 16 heavy (non-hydrogen) atoms. The fourth-order valence-corrected chi connectivity index (χ4v) is 2.51. The van der Waals surface area contributed by atoms with Crippen molar-refractivity contribution < 1.29 is 0 Å². The van der Waals surface area contributed by atoms with E-state index in [1.807, 2.05) is 7.05 Å². The molecule has 0 atom stereocenters. The molecule has 0 amide bonds. The van der Waals surface area contributed by atoms with Crippen molar-refractivity contribution in [3.05, 3.63) is 34.4 Å². The standard InChI is InChI=1S/C15H25N/c1-11-7-12(2)14(13(3)8-11)9-15(4,5)10-16-6/h7-8,16H,9-10H2,1-6H3. The first-order valence-electron chi connectivity index (χ1n) is 6.07. The highest BCUT2D eigenvalue weighted by atomic mass is 14.8. The fraction of sp³-hybridized carbons (Fsp3) is 0.600. The SMILES string of the molecule is CNCC(C)(C)Cc1c(C)cc(C)cc1C. The molecule has 1 aromatic carbocycles. The molecule has 0 aliphatic carbocycles. The lowest BCUT2D eigenvalue weighted by atomic mass is 9.82. The first kappa shape index (κ1) is 13.2. The molecule has 1 N–H and O–H groups in total. The van der Waals surface area contributed by atoms with Gasteiger partial charge < -0.3 is 5.32 Å². The van der Waals surface area contributed by atoms with Gasteiger partial charge in [-0.25, -0.2) is 0 Å². The Labute approximate surface area is 100 Å². The van der Waals surface area contributed by atoms with Crippen LogP contribution in [0.25, 0.3) is 0 Å². The molecule has 1 nitrogen and oxygen atoms in total. The molecular formula is C15H25N. The summed E-state index contributed by atoms with van der Waals surface area (Å²) in [5.41, 5.74) is 6.07. The summed E-state index contributed by atoms with van der Waals surface area (Å²) >= 11 is 0. The summed E-state index contributed by atoms with van der Waals surface area (Å²) in [6, 6.07) is 4.58. The zero-order valence-electron chi connectivity index (χ0n) is 11.6. The van der Waals surface area contributed by atoms with E-state index in [1.165, 1.54) is 22.3 Å². The molecule has 0 saturated carbocycles. The third kappa shape index (κ3) is 3.34. The summed E-state index contributed by atoms with van der Waals surface area (Å²) in [7, 11) is 2.02. The summed E-state index contributed by atoms with van der Waals surface area (Å²) in [6.45, 7) is 12.3. The Morgan fingerprint density at radius 2 is 1.56 bits per heavy atom. The topological polar surface area (TPSA) is 12.0 Å². The second kappa shape index (κ2) is 5.01. The molecular weight excluding hydrogens is 194 g/mol. The van der Waals surface area contributed by atoms with Gasteiger partial charge in [0.05, 0.1) is 0 Å². The van der Waals surface area contributed by atoms with E-state index in [1.54, 1.807) is 0 Å². The molecule has 0 spiro atoms. The Hall–Kier alpha value is -0.820. The molecule has 0 radical (unpaired) electrons. The van der Waals surface area contributed by atoms with Crippen LogP contribution in [-0.4, -0.2) is 13.6 Å². The molecule has 0 aromatic heterocycles. The minimum Gasteiger partial charge on any atom is -0.319 e. The van der Waals surface area contributed by atoms with Crippen LogP contribution in [0.3, 0.4) is 0 Å². The van der Waals surface area contributed by atoms with E-state index >= 15 is 0 Å². The Kier molecular flexibility index (Phi) is 4.15. The molecule has 1 rings (SSSR count). The molecule has 0 saturated heterocycles. The van der Waals surface area contributed by atoms with E-state index in [2.05, 4.69) is 52.1 Å². The van der Waals surface area contributed by atoms with Gasteiger partial charge in [-0.1, -0.05) is 31.5 Å². The zero-order valence-corrected chi connectivity index (χ0v) is 11.6. The van der Waals surface area contributed by atoms with E-state index < -0.39 is 0 Å². The number of hydrogen-bond acceptors (Lipinski definition) is 1. The third-order valence-corrected chi connectivity index (χ3v) is 3.15. The van der Waals surface area contributed by atoms with Crippen LogP contribution < -0.4 is 5.32 Å². The van der Waals surface area contributed by atoms with Gasteiger partial charge in [-0.15, -0.1) is 0 Å². The van der Waals surface area contributed by atoms with Crippen molar-refractivity contribution in [1.82, 2.24) is 5.32 Å².